The van der Waals surface area contributed by atoms with Gasteiger partial charge in [0.15, 0.2) is 0 Å². The summed E-state index contributed by atoms with van der Waals surface area (Å²) in [5.41, 5.74) is -0.562. The molecule has 0 amide bonds. The van der Waals surface area contributed by atoms with E-state index in [0.717, 1.165) is 51.9 Å². The van der Waals surface area contributed by atoms with Crippen LogP contribution in [0.2, 0.25) is 0 Å². The van der Waals surface area contributed by atoms with Gasteiger partial charge in [0.1, 0.15) is 5.54 Å². The number of hydrogen-bond donors (Lipinski definition) is 1. The Labute approximate surface area is 104 Å². The van der Waals surface area contributed by atoms with E-state index in [2.05, 4.69) is 23.8 Å². The molecule has 1 saturated carbocycles. The van der Waals surface area contributed by atoms with Gasteiger partial charge in [-0.05, 0) is 38.6 Å². The summed E-state index contributed by atoms with van der Waals surface area (Å²) in [5.74, 6) is 0.0869. The van der Waals surface area contributed by atoms with Gasteiger partial charge >= 0.3 is 5.97 Å². The molecule has 4 nitrogen and oxygen atoms in total. The van der Waals surface area contributed by atoms with Crippen molar-refractivity contribution in [2.45, 2.75) is 38.1 Å². The lowest BCUT2D eigenvalue weighted by Gasteiger charge is -2.47. The number of carbonyl (C=O) groups is 1. The van der Waals surface area contributed by atoms with Crippen LogP contribution in [0.1, 0.15) is 32.6 Å². The minimum absolute atomic E-state index is 0.562. The van der Waals surface area contributed by atoms with Crippen LogP contribution in [0.3, 0.4) is 0 Å². The predicted molar refractivity (Wildman–Crippen MR) is 67.1 cm³/mol. The molecule has 0 atom stereocenters. The van der Waals surface area contributed by atoms with Crippen LogP contribution >= 0.6 is 0 Å². The van der Waals surface area contributed by atoms with E-state index in [0.29, 0.717) is 5.92 Å². The predicted octanol–water partition coefficient (Wildman–Crippen LogP) is 1.27. The average Bonchev–Trinajstić information content (AvgIpc) is 2.31. The van der Waals surface area contributed by atoms with E-state index in [4.69, 9.17) is 0 Å². The number of piperazine rings is 1. The van der Waals surface area contributed by atoms with E-state index in [1.807, 2.05) is 0 Å². The first-order chi connectivity index (χ1) is 8.04. The maximum absolute atomic E-state index is 11.7. The van der Waals surface area contributed by atoms with Gasteiger partial charge < -0.3 is 10.0 Å². The summed E-state index contributed by atoms with van der Waals surface area (Å²) >= 11 is 0. The first kappa shape index (κ1) is 12.8. The molecule has 0 unspecified atom stereocenters. The van der Waals surface area contributed by atoms with Gasteiger partial charge in [0.05, 0.1) is 0 Å². The third-order valence-corrected chi connectivity index (χ3v) is 4.61. The second-order valence-corrected chi connectivity index (χ2v) is 5.81. The smallest absolute Gasteiger partial charge is 0.324 e. The summed E-state index contributed by atoms with van der Waals surface area (Å²) in [4.78, 5) is 16.2. The van der Waals surface area contributed by atoms with E-state index < -0.39 is 11.5 Å². The van der Waals surface area contributed by atoms with Crippen LogP contribution in [0.5, 0.6) is 0 Å². The van der Waals surface area contributed by atoms with Crippen LogP contribution in [-0.2, 0) is 4.79 Å². The van der Waals surface area contributed by atoms with Gasteiger partial charge in [0.2, 0.25) is 0 Å². The van der Waals surface area contributed by atoms with E-state index in [-0.39, 0.29) is 0 Å². The molecule has 0 spiro atoms. The maximum atomic E-state index is 11.7. The van der Waals surface area contributed by atoms with Gasteiger partial charge in [-0.25, -0.2) is 0 Å². The number of likely N-dealkylation sites (N-methyl/N-ethyl adjacent to an activating group) is 1. The summed E-state index contributed by atoms with van der Waals surface area (Å²) in [6.07, 6.45) is 3.76. The molecule has 0 aromatic rings. The molecule has 0 bridgehead atoms. The molecule has 0 aromatic heterocycles. The van der Waals surface area contributed by atoms with Gasteiger partial charge in [-0.2, -0.15) is 0 Å². The van der Waals surface area contributed by atoms with E-state index in [1.54, 1.807) is 0 Å². The standard InChI is InChI=1S/C13H24N2O2/c1-11-3-5-13(6-4-11,12(16)17)15-9-7-14(2)8-10-15/h11H,3-10H2,1-2H3,(H,16,17). The fourth-order valence-corrected chi connectivity index (χ4v) is 3.14. The Kier molecular flexibility index (Phi) is 3.73. The molecule has 2 fully saturated rings. The number of hydrogen-bond acceptors (Lipinski definition) is 3. The van der Waals surface area contributed by atoms with E-state index >= 15 is 0 Å². The summed E-state index contributed by atoms with van der Waals surface area (Å²) in [7, 11) is 2.10. The van der Waals surface area contributed by atoms with Gasteiger partial charge in [-0.1, -0.05) is 6.92 Å². The van der Waals surface area contributed by atoms with Crippen LogP contribution in [0.25, 0.3) is 0 Å². The largest absolute Gasteiger partial charge is 0.480 e. The summed E-state index contributed by atoms with van der Waals surface area (Å²) in [5, 5.41) is 9.64. The Bertz CT molecular complexity index is 277. The first-order valence-corrected chi connectivity index (χ1v) is 6.71. The SMILES string of the molecule is CC1CCC(C(=O)O)(N2CCN(C)CC2)CC1. The lowest BCUT2D eigenvalue weighted by Crippen LogP contribution is -2.61. The third-order valence-electron chi connectivity index (χ3n) is 4.61. The Balaban J connectivity index is 2.09. The van der Waals surface area contributed by atoms with Gasteiger partial charge in [0, 0.05) is 26.2 Å². The van der Waals surface area contributed by atoms with Crippen molar-refractivity contribution in [1.82, 2.24) is 9.80 Å². The summed E-state index contributed by atoms with van der Waals surface area (Å²) in [6, 6.07) is 0. The minimum Gasteiger partial charge on any atom is -0.480 e. The molecular formula is C13H24N2O2. The Morgan fingerprint density at radius 1 is 1.18 bits per heavy atom. The molecule has 0 aromatic carbocycles. The highest BCUT2D eigenvalue weighted by atomic mass is 16.4. The fraction of sp³-hybridized carbons (Fsp3) is 0.923. The highest BCUT2D eigenvalue weighted by Gasteiger charge is 2.46. The lowest BCUT2D eigenvalue weighted by atomic mass is 9.75. The molecule has 17 heavy (non-hydrogen) atoms. The number of carboxylic acids is 1. The fourth-order valence-electron chi connectivity index (χ4n) is 3.14. The molecule has 98 valence electrons. The van der Waals surface area contributed by atoms with Crippen molar-refractivity contribution in [2.75, 3.05) is 33.2 Å². The maximum Gasteiger partial charge on any atom is 0.324 e. The van der Waals surface area contributed by atoms with Crippen LogP contribution in [0.4, 0.5) is 0 Å². The lowest BCUT2D eigenvalue weighted by molar-refractivity contribution is -0.156. The Morgan fingerprint density at radius 2 is 1.71 bits per heavy atom. The van der Waals surface area contributed by atoms with Crippen molar-refractivity contribution < 1.29 is 9.90 Å². The molecule has 2 aliphatic rings. The molecule has 1 saturated heterocycles. The van der Waals surface area contributed by atoms with Gasteiger partial charge in [-0.3, -0.25) is 9.69 Å². The van der Waals surface area contributed by atoms with Crippen molar-refractivity contribution in [1.29, 1.82) is 0 Å². The quantitative estimate of drug-likeness (QED) is 0.789. The molecule has 1 N–H and O–H groups in total. The molecule has 4 heteroatoms. The Hall–Kier alpha value is -0.610. The second-order valence-electron chi connectivity index (χ2n) is 5.81. The van der Waals surface area contributed by atoms with Crippen molar-refractivity contribution in [2.24, 2.45) is 5.92 Å². The van der Waals surface area contributed by atoms with Gasteiger partial charge in [0.25, 0.3) is 0 Å². The van der Waals surface area contributed by atoms with Crippen LogP contribution in [0, 0.1) is 5.92 Å². The third kappa shape index (κ3) is 2.47. The molecule has 0 radical (unpaired) electrons. The molecular weight excluding hydrogens is 216 g/mol. The molecule has 1 heterocycles. The average molecular weight is 240 g/mol. The topological polar surface area (TPSA) is 43.8 Å². The molecule has 2 rings (SSSR count). The van der Waals surface area contributed by atoms with Crippen molar-refractivity contribution >= 4 is 5.97 Å². The van der Waals surface area contributed by atoms with Crippen LogP contribution in [0.15, 0.2) is 0 Å². The van der Waals surface area contributed by atoms with Gasteiger partial charge in [-0.15, -0.1) is 0 Å². The van der Waals surface area contributed by atoms with Crippen molar-refractivity contribution in [3.05, 3.63) is 0 Å². The highest BCUT2D eigenvalue weighted by Crippen LogP contribution is 2.37. The van der Waals surface area contributed by atoms with E-state index in [9.17, 15) is 9.90 Å². The zero-order valence-electron chi connectivity index (χ0n) is 11.0. The number of nitrogens with zero attached hydrogens (tertiary/aromatic N) is 2. The van der Waals surface area contributed by atoms with E-state index in [1.165, 1.54) is 0 Å². The first-order valence-electron chi connectivity index (χ1n) is 6.71. The van der Waals surface area contributed by atoms with Crippen LogP contribution < -0.4 is 0 Å². The monoisotopic (exact) mass is 240 g/mol. The summed E-state index contributed by atoms with van der Waals surface area (Å²) in [6.45, 7) is 6.01. The molecule has 1 aliphatic carbocycles. The summed E-state index contributed by atoms with van der Waals surface area (Å²) < 4.78 is 0. The minimum atomic E-state index is -0.603. The second kappa shape index (κ2) is 4.94. The number of rotatable bonds is 2. The van der Waals surface area contributed by atoms with Crippen LogP contribution in [-0.4, -0.2) is 59.6 Å². The highest BCUT2D eigenvalue weighted by molar-refractivity contribution is 5.79. The van der Waals surface area contributed by atoms with Crippen molar-refractivity contribution in [3.63, 3.8) is 0 Å². The zero-order chi connectivity index (χ0) is 12.5. The zero-order valence-corrected chi connectivity index (χ0v) is 11.0. The Morgan fingerprint density at radius 3 is 2.18 bits per heavy atom. The molecule has 1 aliphatic heterocycles. The van der Waals surface area contributed by atoms with Crippen molar-refractivity contribution in [3.8, 4) is 0 Å². The normalized spacial score (nSPS) is 36.9. The number of aliphatic carboxylic acids is 1. The number of carboxylic acid groups (broad SMARTS) is 1.